The highest BCUT2D eigenvalue weighted by atomic mass is 16.5. The molecule has 0 heterocycles. The van der Waals surface area contributed by atoms with Gasteiger partial charge in [-0.3, -0.25) is 14.5 Å². The summed E-state index contributed by atoms with van der Waals surface area (Å²) in [6, 6.07) is 2.72. The first-order chi connectivity index (χ1) is 11.3. The molecule has 0 aromatic heterocycles. The Kier molecular flexibility index (Phi) is 7.71. The van der Waals surface area contributed by atoms with Gasteiger partial charge in [0.05, 0.1) is 13.7 Å². The second-order valence-corrected chi connectivity index (χ2v) is 6.05. The van der Waals surface area contributed by atoms with E-state index in [0.717, 1.165) is 29.7 Å². The van der Waals surface area contributed by atoms with Crippen LogP contribution in [-0.2, 0) is 9.59 Å². The van der Waals surface area contributed by atoms with E-state index < -0.39 is 12.0 Å². The van der Waals surface area contributed by atoms with Crippen molar-refractivity contribution in [3.8, 4) is 5.75 Å². The van der Waals surface area contributed by atoms with Crippen molar-refractivity contribution >= 4 is 11.9 Å². The van der Waals surface area contributed by atoms with Crippen LogP contribution in [0.5, 0.6) is 5.75 Å². The molecule has 1 rings (SSSR count). The van der Waals surface area contributed by atoms with Crippen LogP contribution in [0.4, 0.5) is 0 Å². The fourth-order valence-electron chi connectivity index (χ4n) is 2.83. The third-order valence-electron chi connectivity index (χ3n) is 3.92. The van der Waals surface area contributed by atoms with Gasteiger partial charge in [0.2, 0.25) is 5.91 Å². The van der Waals surface area contributed by atoms with Crippen LogP contribution in [0.3, 0.4) is 0 Å². The highest BCUT2D eigenvalue weighted by Gasteiger charge is 2.27. The largest absolute Gasteiger partial charge is 0.496 e. The summed E-state index contributed by atoms with van der Waals surface area (Å²) in [5.41, 5.74) is 2.39. The van der Waals surface area contributed by atoms with Crippen molar-refractivity contribution < 1.29 is 19.4 Å². The molecule has 0 aliphatic rings. The summed E-state index contributed by atoms with van der Waals surface area (Å²) in [7, 11) is 3.24. The predicted octanol–water partition coefficient (Wildman–Crippen LogP) is 2.29. The molecule has 0 spiro atoms. The second-order valence-electron chi connectivity index (χ2n) is 6.05. The summed E-state index contributed by atoms with van der Waals surface area (Å²) in [4.78, 5) is 25.3. The number of amides is 1. The van der Waals surface area contributed by atoms with Crippen molar-refractivity contribution in [1.29, 1.82) is 0 Å². The maximum Gasteiger partial charge on any atom is 0.325 e. The minimum atomic E-state index is -0.983. The minimum absolute atomic E-state index is 0.0325. The highest BCUT2D eigenvalue weighted by Crippen LogP contribution is 2.29. The van der Waals surface area contributed by atoms with E-state index in [1.54, 1.807) is 31.2 Å². The molecular formula is C18H28N2O4. The number of aryl methyl sites for hydroxylation is 2. The van der Waals surface area contributed by atoms with Crippen LogP contribution in [0.15, 0.2) is 12.1 Å². The van der Waals surface area contributed by atoms with E-state index in [2.05, 4.69) is 5.32 Å². The first-order valence-corrected chi connectivity index (χ1v) is 8.16. The van der Waals surface area contributed by atoms with Gasteiger partial charge in [-0.05, 0) is 44.0 Å². The number of hydrogen-bond donors (Lipinski definition) is 2. The van der Waals surface area contributed by atoms with Crippen LogP contribution >= 0.6 is 0 Å². The zero-order valence-corrected chi connectivity index (χ0v) is 15.2. The lowest BCUT2D eigenvalue weighted by Gasteiger charge is -2.25. The SMILES string of the molecule is CCCCNC(=O)CN(C)[C@@H](C(=O)O)c1cc(C)c(OC)c(C)c1. The van der Waals surface area contributed by atoms with Gasteiger partial charge in [-0.2, -0.15) is 0 Å². The summed E-state index contributed by atoms with van der Waals surface area (Å²) in [6.45, 7) is 6.46. The summed E-state index contributed by atoms with van der Waals surface area (Å²) in [5, 5.41) is 12.4. The van der Waals surface area contributed by atoms with E-state index in [1.165, 1.54) is 0 Å². The number of nitrogens with one attached hydrogen (secondary N) is 1. The highest BCUT2D eigenvalue weighted by molar-refractivity contribution is 5.80. The van der Waals surface area contributed by atoms with Gasteiger partial charge in [-0.1, -0.05) is 25.5 Å². The fraction of sp³-hybridized carbons (Fsp3) is 0.556. The molecule has 24 heavy (non-hydrogen) atoms. The van der Waals surface area contributed by atoms with Crippen molar-refractivity contribution in [3.05, 3.63) is 28.8 Å². The lowest BCUT2D eigenvalue weighted by molar-refractivity contribution is -0.143. The molecule has 0 bridgehead atoms. The number of carbonyl (C=O) groups is 2. The fourth-order valence-corrected chi connectivity index (χ4v) is 2.83. The van der Waals surface area contributed by atoms with Crippen molar-refractivity contribution in [2.75, 3.05) is 27.2 Å². The zero-order chi connectivity index (χ0) is 18.3. The number of benzene rings is 1. The maximum absolute atomic E-state index is 12.0. The predicted molar refractivity (Wildman–Crippen MR) is 93.4 cm³/mol. The lowest BCUT2D eigenvalue weighted by atomic mass is 9.99. The Morgan fingerprint density at radius 3 is 2.33 bits per heavy atom. The average molecular weight is 336 g/mol. The lowest BCUT2D eigenvalue weighted by Crippen LogP contribution is -2.40. The second kappa shape index (κ2) is 9.27. The monoisotopic (exact) mass is 336 g/mol. The summed E-state index contributed by atoms with van der Waals surface area (Å²) < 4.78 is 5.33. The number of ether oxygens (including phenoxy) is 1. The first kappa shape index (κ1) is 20.0. The summed E-state index contributed by atoms with van der Waals surface area (Å²) in [5.74, 6) is -0.398. The van der Waals surface area contributed by atoms with Crippen LogP contribution in [0.25, 0.3) is 0 Å². The van der Waals surface area contributed by atoms with Gasteiger partial charge in [-0.25, -0.2) is 0 Å². The van der Waals surface area contributed by atoms with Crippen LogP contribution < -0.4 is 10.1 Å². The minimum Gasteiger partial charge on any atom is -0.496 e. The van der Waals surface area contributed by atoms with Gasteiger partial charge >= 0.3 is 5.97 Å². The Bertz CT molecular complexity index is 563. The molecule has 1 atom stereocenters. The number of carboxylic acid groups (broad SMARTS) is 1. The van der Waals surface area contributed by atoms with Gasteiger partial charge in [0.15, 0.2) is 0 Å². The standard InChI is InChI=1S/C18H28N2O4/c1-6-7-8-19-15(21)11-20(4)16(18(22)23)14-9-12(2)17(24-5)13(3)10-14/h9-10,16H,6-8,11H2,1-5H3,(H,19,21)(H,22,23)/t16-/m1/s1. The average Bonchev–Trinajstić information content (AvgIpc) is 2.46. The molecule has 0 saturated heterocycles. The molecule has 0 aliphatic carbocycles. The van der Waals surface area contributed by atoms with Gasteiger partial charge < -0.3 is 15.2 Å². The number of aliphatic carboxylic acids is 1. The quantitative estimate of drug-likeness (QED) is 0.677. The Balaban J connectivity index is 2.94. The maximum atomic E-state index is 12.0. The van der Waals surface area contributed by atoms with Crippen molar-refractivity contribution in [2.24, 2.45) is 0 Å². The molecule has 1 aromatic carbocycles. The number of carboxylic acids is 1. The Morgan fingerprint density at radius 2 is 1.88 bits per heavy atom. The molecule has 0 aliphatic heterocycles. The van der Waals surface area contributed by atoms with Gasteiger partial charge in [0.1, 0.15) is 11.8 Å². The van der Waals surface area contributed by atoms with E-state index in [9.17, 15) is 14.7 Å². The summed E-state index contributed by atoms with van der Waals surface area (Å²) >= 11 is 0. The van der Waals surface area contributed by atoms with Crippen LogP contribution in [0.2, 0.25) is 0 Å². The number of likely N-dealkylation sites (N-methyl/N-ethyl adjacent to an activating group) is 1. The van der Waals surface area contributed by atoms with E-state index in [-0.39, 0.29) is 12.5 Å². The third-order valence-corrected chi connectivity index (χ3v) is 3.92. The number of nitrogens with zero attached hydrogens (tertiary/aromatic N) is 1. The van der Waals surface area contributed by atoms with Gasteiger partial charge in [0.25, 0.3) is 0 Å². The van der Waals surface area contributed by atoms with Gasteiger partial charge in [0, 0.05) is 6.54 Å². The number of rotatable bonds is 9. The molecule has 6 nitrogen and oxygen atoms in total. The molecule has 0 fully saturated rings. The van der Waals surface area contributed by atoms with Gasteiger partial charge in [-0.15, -0.1) is 0 Å². The number of carbonyl (C=O) groups excluding carboxylic acids is 1. The molecule has 0 unspecified atom stereocenters. The van der Waals surface area contributed by atoms with Crippen LogP contribution in [0, 0.1) is 13.8 Å². The smallest absolute Gasteiger partial charge is 0.325 e. The van der Waals surface area contributed by atoms with E-state index >= 15 is 0 Å². The van der Waals surface area contributed by atoms with E-state index in [0.29, 0.717) is 12.1 Å². The Morgan fingerprint density at radius 1 is 1.29 bits per heavy atom. The Labute approximate surface area is 143 Å². The molecule has 134 valence electrons. The molecule has 1 aromatic rings. The number of unbranched alkanes of at least 4 members (excludes halogenated alkanes) is 1. The summed E-state index contributed by atoms with van der Waals surface area (Å²) in [6.07, 6.45) is 1.91. The van der Waals surface area contributed by atoms with Crippen molar-refractivity contribution in [3.63, 3.8) is 0 Å². The normalized spacial score (nSPS) is 12.1. The van der Waals surface area contributed by atoms with Crippen LogP contribution in [-0.4, -0.2) is 49.1 Å². The molecule has 0 saturated carbocycles. The van der Waals surface area contributed by atoms with E-state index in [1.807, 2.05) is 20.8 Å². The first-order valence-electron chi connectivity index (χ1n) is 8.16. The molecule has 6 heteroatoms. The van der Waals surface area contributed by atoms with E-state index in [4.69, 9.17) is 4.74 Å². The topological polar surface area (TPSA) is 78.9 Å². The van der Waals surface area contributed by atoms with Crippen molar-refractivity contribution in [2.45, 2.75) is 39.7 Å². The zero-order valence-electron chi connectivity index (χ0n) is 15.2. The Hall–Kier alpha value is -2.08. The van der Waals surface area contributed by atoms with Crippen molar-refractivity contribution in [1.82, 2.24) is 10.2 Å². The molecular weight excluding hydrogens is 308 g/mol. The van der Waals surface area contributed by atoms with Crippen LogP contribution in [0.1, 0.15) is 42.5 Å². The third kappa shape index (κ3) is 5.23. The molecule has 1 amide bonds. The number of hydrogen-bond acceptors (Lipinski definition) is 4. The number of methoxy groups -OCH3 is 1. The molecule has 0 radical (unpaired) electrons. The molecule has 2 N–H and O–H groups in total.